The van der Waals surface area contributed by atoms with Crippen molar-refractivity contribution in [1.29, 1.82) is 0 Å². The van der Waals surface area contributed by atoms with Crippen molar-refractivity contribution < 1.29 is 14.3 Å². The Morgan fingerprint density at radius 3 is 2.31 bits per heavy atom. The molecule has 0 amide bonds. The predicted molar refractivity (Wildman–Crippen MR) is 102 cm³/mol. The lowest BCUT2D eigenvalue weighted by Gasteiger charge is -2.13. The topological polar surface area (TPSA) is 47.6 Å². The molecule has 0 aromatic heterocycles. The summed E-state index contributed by atoms with van der Waals surface area (Å²) in [4.78, 5) is 11.0. The van der Waals surface area contributed by atoms with Crippen molar-refractivity contribution in [2.45, 2.75) is 20.1 Å². The first-order valence-electron chi connectivity index (χ1n) is 8.48. The zero-order valence-corrected chi connectivity index (χ0v) is 14.6. The van der Waals surface area contributed by atoms with Crippen molar-refractivity contribution in [3.05, 3.63) is 90.0 Å². The minimum absolute atomic E-state index is 0.324. The van der Waals surface area contributed by atoms with Crippen LogP contribution in [0.15, 0.2) is 78.9 Å². The van der Waals surface area contributed by atoms with Crippen LogP contribution < -0.4 is 14.8 Å². The maximum absolute atomic E-state index is 11.0. The summed E-state index contributed by atoms with van der Waals surface area (Å²) in [6, 6.07) is 25.4. The second-order valence-electron chi connectivity index (χ2n) is 5.85. The van der Waals surface area contributed by atoms with Gasteiger partial charge in [-0.05, 0) is 35.9 Å². The summed E-state index contributed by atoms with van der Waals surface area (Å²) in [5, 5.41) is 3.36. The maximum atomic E-state index is 11.0. The second kappa shape index (κ2) is 8.72. The van der Waals surface area contributed by atoms with E-state index in [4.69, 9.17) is 9.47 Å². The summed E-state index contributed by atoms with van der Waals surface area (Å²) >= 11 is 0. The number of benzene rings is 3. The van der Waals surface area contributed by atoms with Crippen molar-refractivity contribution in [2.75, 3.05) is 5.32 Å². The first kappa shape index (κ1) is 17.5. The van der Waals surface area contributed by atoms with Crippen LogP contribution in [0.4, 0.5) is 5.69 Å². The molecule has 3 rings (SSSR count). The molecule has 0 aliphatic rings. The SMILES string of the molecule is CC(=O)Oc1ccc(NCc2ccccc2OCc2ccccc2)cc1. The Morgan fingerprint density at radius 1 is 0.885 bits per heavy atom. The van der Waals surface area contributed by atoms with Crippen LogP contribution in [0.5, 0.6) is 11.5 Å². The molecule has 0 unspecified atom stereocenters. The highest BCUT2D eigenvalue weighted by Gasteiger charge is 2.04. The molecule has 0 fully saturated rings. The van der Waals surface area contributed by atoms with E-state index in [1.807, 2.05) is 66.7 Å². The average molecular weight is 347 g/mol. The number of hydrogen-bond donors (Lipinski definition) is 1. The number of carbonyl (C=O) groups is 1. The van der Waals surface area contributed by atoms with E-state index in [9.17, 15) is 4.79 Å². The van der Waals surface area contributed by atoms with Crippen LogP contribution in [-0.4, -0.2) is 5.97 Å². The Balaban J connectivity index is 1.60. The molecule has 132 valence electrons. The first-order chi connectivity index (χ1) is 12.7. The van der Waals surface area contributed by atoms with Crippen LogP contribution in [0, 0.1) is 0 Å². The van der Waals surface area contributed by atoms with Crippen LogP contribution in [0.2, 0.25) is 0 Å². The third kappa shape index (κ3) is 5.11. The number of para-hydroxylation sites is 1. The Kier molecular flexibility index (Phi) is 5.88. The van der Waals surface area contributed by atoms with Crippen molar-refractivity contribution in [3.63, 3.8) is 0 Å². The van der Waals surface area contributed by atoms with E-state index >= 15 is 0 Å². The Bertz CT molecular complexity index is 845. The molecule has 26 heavy (non-hydrogen) atoms. The van der Waals surface area contributed by atoms with Crippen molar-refractivity contribution in [3.8, 4) is 11.5 Å². The van der Waals surface area contributed by atoms with Gasteiger partial charge in [0.1, 0.15) is 18.1 Å². The van der Waals surface area contributed by atoms with Crippen molar-refractivity contribution in [2.24, 2.45) is 0 Å². The molecule has 4 nitrogen and oxygen atoms in total. The van der Waals surface area contributed by atoms with Crippen molar-refractivity contribution in [1.82, 2.24) is 0 Å². The van der Waals surface area contributed by atoms with E-state index in [2.05, 4.69) is 5.32 Å². The lowest BCUT2D eigenvalue weighted by atomic mass is 10.2. The average Bonchev–Trinajstić information content (AvgIpc) is 2.67. The van der Waals surface area contributed by atoms with Gasteiger partial charge in [-0.1, -0.05) is 48.5 Å². The first-order valence-corrected chi connectivity index (χ1v) is 8.48. The Hall–Kier alpha value is -3.27. The van der Waals surface area contributed by atoms with E-state index in [0.717, 1.165) is 22.6 Å². The Labute approximate surface area is 153 Å². The summed E-state index contributed by atoms with van der Waals surface area (Å²) in [7, 11) is 0. The summed E-state index contributed by atoms with van der Waals surface area (Å²) in [5.41, 5.74) is 3.16. The molecule has 1 N–H and O–H groups in total. The highest BCUT2D eigenvalue weighted by molar-refractivity contribution is 5.69. The number of hydrogen-bond acceptors (Lipinski definition) is 4. The van der Waals surface area contributed by atoms with Gasteiger partial charge in [0.05, 0.1) is 0 Å². The van der Waals surface area contributed by atoms with Gasteiger partial charge in [-0.3, -0.25) is 4.79 Å². The van der Waals surface area contributed by atoms with Crippen LogP contribution in [0.25, 0.3) is 0 Å². The van der Waals surface area contributed by atoms with Crippen molar-refractivity contribution >= 4 is 11.7 Å². The molecule has 4 heteroatoms. The van der Waals surface area contributed by atoms with Crippen LogP contribution in [0.3, 0.4) is 0 Å². The summed E-state index contributed by atoms with van der Waals surface area (Å²) in [5.74, 6) is 1.07. The minimum Gasteiger partial charge on any atom is -0.489 e. The molecule has 3 aromatic carbocycles. The lowest BCUT2D eigenvalue weighted by Crippen LogP contribution is -2.04. The third-order valence-corrected chi connectivity index (χ3v) is 3.81. The lowest BCUT2D eigenvalue weighted by molar-refractivity contribution is -0.131. The molecule has 3 aromatic rings. The van der Waals surface area contributed by atoms with E-state index in [1.54, 1.807) is 12.1 Å². The smallest absolute Gasteiger partial charge is 0.308 e. The van der Waals surface area contributed by atoms with Gasteiger partial charge in [0.2, 0.25) is 0 Å². The van der Waals surface area contributed by atoms with Gasteiger partial charge >= 0.3 is 5.97 Å². The van der Waals surface area contributed by atoms with Gasteiger partial charge in [-0.15, -0.1) is 0 Å². The molecule has 0 aliphatic heterocycles. The van der Waals surface area contributed by atoms with Crippen LogP contribution in [0.1, 0.15) is 18.1 Å². The fourth-order valence-corrected chi connectivity index (χ4v) is 2.53. The molecule has 0 heterocycles. The largest absolute Gasteiger partial charge is 0.489 e. The third-order valence-electron chi connectivity index (χ3n) is 3.81. The van der Waals surface area contributed by atoms with E-state index < -0.39 is 0 Å². The Morgan fingerprint density at radius 2 is 1.58 bits per heavy atom. The fourth-order valence-electron chi connectivity index (χ4n) is 2.53. The number of ether oxygens (including phenoxy) is 2. The number of rotatable bonds is 7. The van der Waals surface area contributed by atoms with E-state index in [0.29, 0.717) is 18.9 Å². The highest BCUT2D eigenvalue weighted by Crippen LogP contribution is 2.22. The summed E-state index contributed by atoms with van der Waals surface area (Å²) < 4.78 is 11.0. The molecular formula is C22H21NO3. The summed E-state index contributed by atoms with van der Waals surface area (Å²) in [6.07, 6.45) is 0. The minimum atomic E-state index is -0.324. The van der Waals surface area contributed by atoms with Gasteiger partial charge < -0.3 is 14.8 Å². The predicted octanol–water partition coefficient (Wildman–Crippen LogP) is 4.80. The molecule has 0 bridgehead atoms. The van der Waals surface area contributed by atoms with Gasteiger partial charge in [0, 0.05) is 24.7 Å². The maximum Gasteiger partial charge on any atom is 0.308 e. The van der Waals surface area contributed by atoms with E-state index in [-0.39, 0.29) is 5.97 Å². The molecule has 0 aliphatic carbocycles. The van der Waals surface area contributed by atoms with E-state index in [1.165, 1.54) is 6.92 Å². The standard InChI is InChI=1S/C22H21NO3/c1-17(24)26-21-13-11-20(12-14-21)23-15-19-9-5-6-10-22(19)25-16-18-7-3-2-4-8-18/h2-14,23H,15-16H2,1H3. The molecule has 0 atom stereocenters. The number of carbonyl (C=O) groups excluding carboxylic acids is 1. The fraction of sp³-hybridized carbons (Fsp3) is 0.136. The molecule has 0 spiro atoms. The zero-order valence-electron chi connectivity index (χ0n) is 14.6. The number of anilines is 1. The van der Waals surface area contributed by atoms with Gasteiger partial charge in [0.25, 0.3) is 0 Å². The molecular weight excluding hydrogens is 326 g/mol. The highest BCUT2D eigenvalue weighted by atomic mass is 16.5. The number of nitrogens with one attached hydrogen (secondary N) is 1. The quantitative estimate of drug-likeness (QED) is 0.492. The second-order valence-corrected chi connectivity index (χ2v) is 5.85. The van der Waals surface area contributed by atoms with Gasteiger partial charge in [-0.25, -0.2) is 0 Å². The van der Waals surface area contributed by atoms with Crippen LogP contribution in [-0.2, 0) is 17.9 Å². The number of esters is 1. The molecule has 0 radical (unpaired) electrons. The van der Waals surface area contributed by atoms with Gasteiger partial charge in [-0.2, -0.15) is 0 Å². The van der Waals surface area contributed by atoms with Crippen LogP contribution >= 0.6 is 0 Å². The molecule has 0 saturated heterocycles. The zero-order chi connectivity index (χ0) is 18.2. The molecule has 0 saturated carbocycles. The van der Waals surface area contributed by atoms with Gasteiger partial charge in [0.15, 0.2) is 0 Å². The monoisotopic (exact) mass is 347 g/mol. The normalized spacial score (nSPS) is 10.2. The summed E-state index contributed by atoms with van der Waals surface area (Å²) in [6.45, 7) is 2.56.